The number of amides is 1. The lowest BCUT2D eigenvalue weighted by molar-refractivity contribution is 0.0470. The van der Waals surface area contributed by atoms with Crippen LogP contribution < -0.4 is 19.5 Å². The van der Waals surface area contributed by atoms with Crippen molar-refractivity contribution in [2.24, 2.45) is 0 Å². The Balaban J connectivity index is 1.37. The second kappa shape index (κ2) is 9.65. The molecule has 1 aliphatic heterocycles. The number of methoxy groups -OCH3 is 1. The number of rotatable bonds is 7. The first-order chi connectivity index (χ1) is 15.6. The van der Waals surface area contributed by atoms with E-state index in [2.05, 4.69) is 22.4 Å². The van der Waals surface area contributed by atoms with E-state index in [0.717, 1.165) is 17.8 Å². The number of aryl methyl sites for hydroxylation is 1. The van der Waals surface area contributed by atoms with Gasteiger partial charge in [0.05, 0.1) is 12.7 Å². The Hall–Kier alpha value is -3.66. The molecule has 9 nitrogen and oxygen atoms in total. The van der Waals surface area contributed by atoms with Crippen molar-refractivity contribution in [1.82, 2.24) is 10.2 Å². The Bertz CT molecular complexity index is 1110. The van der Waals surface area contributed by atoms with Crippen molar-refractivity contribution in [3.05, 3.63) is 57.5 Å². The summed E-state index contributed by atoms with van der Waals surface area (Å²) in [5.41, 5.74) is 2.10. The van der Waals surface area contributed by atoms with E-state index in [9.17, 15) is 9.59 Å². The molecule has 1 amide bonds. The first-order valence-corrected chi connectivity index (χ1v) is 10.8. The highest BCUT2D eigenvalue weighted by molar-refractivity contribution is 7.13. The van der Waals surface area contributed by atoms with Gasteiger partial charge in [0.25, 0.3) is 5.91 Å². The van der Waals surface area contributed by atoms with Crippen molar-refractivity contribution >= 4 is 28.9 Å². The number of nitrogens with one attached hydrogen (secondary N) is 1. The number of carbonyl (C=O) groups is 2. The summed E-state index contributed by atoms with van der Waals surface area (Å²) in [6.45, 7) is 2.73. The van der Waals surface area contributed by atoms with Crippen molar-refractivity contribution < 1.29 is 28.5 Å². The number of carbonyl (C=O) groups excluding carboxylic acids is 2. The summed E-state index contributed by atoms with van der Waals surface area (Å²) in [4.78, 5) is 24.9. The molecule has 0 atom stereocenters. The summed E-state index contributed by atoms with van der Waals surface area (Å²) < 4.78 is 21.7. The van der Waals surface area contributed by atoms with Crippen molar-refractivity contribution in [1.29, 1.82) is 0 Å². The van der Waals surface area contributed by atoms with Gasteiger partial charge in [0.15, 0.2) is 16.5 Å². The van der Waals surface area contributed by atoms with Crippen LogP contribution in [-0.2, 0) is 17.8 Å². The smallest absolute Gasteiger partial charge is 0.338 e. The molecule has 0 bridgehead atoms. The number of aromatic nitrogens is 2. The average Bonchev–Trinajstić information content (AvgIpc) is 3.31. The third-order valence-corrected chi connectivity index (χ3v) is 5.57. The van der Waals surface area contributed by atoms with Gasteiger partial charge < -0.3 is 24.3 Å². The molecule has 0 spiro atoms. The number of hydrogen-bond acceptors (Lipinski definition) is 9. The van der Waals surface area contributed by atoms with Crippen LogP contribution in [0.5, 0.6) is 17.2 Å². The minimum atomic E-state index is -0.586. The van der Waals surface area contributed by atoms with Crippen LogP contribution in [0.2, 0.25) is 0 Å². The van der Waals surface area contributed by atoms with Crippen molar-refractivity contribution in [3.8, 4) is 17.2 Å². The van der Waals surface area contributed by atoms with Crippen LogP contribution in [0.1, 0.15) is 37.7 Å². The van der Waals surface area contributed by atoms with Crippen molar-refractivity contribution in [2.75, 3.05) is 25.6 Å². The zero-order valence-corrected chi connectivity index (χ0v) is 18.4. The minimum Gasteiger partial charge on any atom is -0.493 e. The van der Waals surface area contributed by atoms with Crippen LogP contribution in [0.15, 0.2) is 36.4 Å². The molecule has 0 fully saturated rings. The van der Waals surface area contributed by atoms with Gasteiger partial charge in [-0.1, -0.05) is 30.4 Å². The highest BCUT2D eigenvalue weighted by atomic mass is 32.1. The lowest BCUT2D eigenvalue weighted by Gasteiger charge is -2.21. The first-order valence-electron chi connectivity index (χ1n) is 9.94. The molecule has 32 heavy (non-hydrogen) atoms. The minimum absolute atomic E-state index is 0.119. The van der Waals surface area contributed by atoms with E-state index in [0.29, 0.717) is 41.2 Å². The lowest BCUT2D eigenvalue weighted by Crippen LogP contribution is -2.17. The van der Waals surface area contributed by atoms with E-state index in [-0.39, 0.29) is 23.1 Å². The number of benzene rings is 2. The van der Waals surface area contributed by atoms with Gasteiger partial charge >= 0.3 is 5.97 Å². The molecule has 1 aliphatic rings. The zero-order valence-electron chi connectivity index (χ0n) is 17.5. The molecule has 2 aromatic carbocycles. The summed E-state index contributed by atoms with van der Waals surface area (Å²) in [6.07, 6.45) is 0.922. The number of esters is 1. The maximum Gasteiger partial charge on any atom is 0.338 e. The number of nitrogens with zero attached hydrogens (tertiary/aromatic N) is 2. The van der Waals surface area contributed by atoms with Gasteiger partial charge in [0.1, 0.15) is 19.8 Å². The standard InChI is InChI=1S/C22H21N3O6S/c1-3-13-4-6-15(7-5-13)23-20(26)21-25-24-18(32-21)12-31-22(27)14-10-16(28-2)19-17(11-14)29-8-9-30-19/h4-7,10-11H,3,8-9,12H2,1-2H3,(H,23,26). The molecular weight excluding hydrogens is 434 g/mol. The van der Waals surface area contributed by atoms with Gasteiger partial charge in [-0.25, -0.2) is 4.79 Å². The molecule has 0 aliphatic carbocycles. The van der Waals surface area contributed by atoms with Crippen LogP contribution in [-0.4, -0.2) is 42.4 Å². The van der Waals surface area contributed by atoms with Crippen LogP contribution in [0.3, 0.4) is 0 Å². The molecule has 0 radical (unpaired) electrons. The topological polar surface area (TPSA) is 109 Å². The molecule has 10 heteroatoms. The average molecular weight is 455 g/mol. The van der Waals surface area contributed by atoms with Gasteiger partial charge in [-0.3, -0.25) is 4.79 Å². The number of hydrogen-bond donors (Lipinski definition) is 1. The largest absolute Gasteiger partial charge is 0.493 e. The second-order valence-electron chi connectivity index (χ2n) is 6.78. The van der Waals surface area contributed by atoms with Gasteiger partial charge in [-0.15, -0.1) is 10.2 Å². The first kappa shape index (κ1) is 21.6. The molecule has 3 aromatic rings. The Morgan fingerprint density at radius 1 is 1.12 bits per heavy atom. The monoisotopic (exact) mass is 455 g/mol. The lowest BCUT2D eigenvalue weighted by atomic mass is 10.1. The van der Waals surface area contributed by atoms with E-state index >= 15 is 0 Å². The van der Waals surface area contributed by atoms with Gasteiger partial charge in [0.2, 0.25) is 10.8 Å². The third-order valence-electron chi connectivity index (χ3n) is 4.67. The van der Waals surface area contributed by atoms with Gasteiger partial charge in [-0.05, 0) is 36.2 Å². The van der Waals surface area contributed by atoms with Crippen LogP contribution in [0.25, 0.3) is 0 Å². The van der Waals surface area contributed by atoms with Crippen molar-refractivity contribution in [3.63, 3.8) is 0 Å². The fraction of sp³-hybridized carbons (Fsp3) is 0.273. The summed E-state index contributed by atoms with van der Waals surface area (Å²) >= 11 is 1.05. The number of ether oxygens (including phenoxy) is 4. The normalized spacial score (nSPS) is 12.2. The van der Waals surface area contributed by atoms with Crippen molar-refractivity contribution in [2.45, 2.75) is 20.0 Å². The predicted octanol–water partition coefficient (Wildman–Crippen LogP) is 3.49. The molecular formula is C22H21N3O6S. The molecule has 4 rings (SSSR count). The molecule has 166 valence electrons. The molecule has 1 aromatic heterocycles. The summed E-state index contributed by atoms with van der Waals surface area (Å²) in [6, 6.07) is 10.6. The van der Waals surface area contributed by atoms with Crippen LogP contribution >= 0.6 is 11.3 Å². The van der Waals surface area contributed by atoms with E-state index < -0.39 is 5.97 Å². The van der Waals surface area contributed by atoms with Gasteiger partial charge in [-0.2, -0.15) is 0 Å². The number of fused-ring (bicyclic) bond motifs is 1. The number of anilines is 1. The summed E-state index contributed by atoms with van der Waals surface area (Å²) in [5, 5.41) is 11.2. The maximum atomic E-state index is 12.5. The maximum absolute atomic E-state index is 12.5. The molecule has 0 unspecified atom stereocenters. The molecule has 1 N–H and O–H groups in total. The highest BCUT2D eigenvalue weighted by Crippen LogP contribution is 2.40. The second-order valence-corrected chi connectivity index (χ2v) is 7.85. The fourth-order valence-electron chi connectivity index (χ4n) is 3.01. The Labute approximate surface area is 188 Å². The summed E-state index contributed by atoms with van der Waals surface area (Å²) in [7, 11) is 1.48. The summed E-state index contributed by atoms with van der Waals surface area (Å²) in [5.74, 6) is 0.304. The van der Waals surface area contributed by atoms with Gasteiger partial charge in [0, 0.05) is 5.69 Å². The third kappa shape index (κ3) is 4.80. The van der Waals surface area contributed by atoms with E-state index in [4.69, 9.17) is 18.9 Å². The Kier molecular flexibility index (Phi) is 6.50. The Morgan fingerprint density at radius 3 is 2.66 bits per heavy atom. The SMILES string of the molecule is CCc1ccc(NC(=O)c2nnc(COC(=O)c3cc(OC)c4c(c3)OCCO4)s2)cc1. The molecule has 0 saturated heterocycles. The molecule has 0 saturated carbocycles. The predicted molar refractivity (Wildman–Crippen MR) is 117 cm³/mol. The van der Waals surface area contributed by atoms with E-state index in [1.165, 1.54) is 18.7 Å². The Morgan fingerprint density at radius 2 is 1.91 bits per heavy atom. The fourth-order valence-corrected chi connectivity index (χ4v) is 3.66. The quantitative estimate of drug-likeness (QED) is 0.540. The van der Waals surface area contributed by atoms with E-state index in [1.807, 2.05) is 24.3 Å². The van der Waals surface area contributed by atoms with E-state index in [1.54, 1.807) is 6.07 Å². The van der Waals surface area contributed by atoms with Crippen LogP contribution in [0.4, 0.5) is 5.69 Å². The molecule has 2 heterocycles. The van der Waals surface area contributed by atoms with Crippen LogP contribution in [0, 0.1) is 0 Å². The zero-order chi connectivity index (χ0) is 22.5. The highest BCUT2D eigenvalue weighted by Gasteiger charge is 2.22.